The quantitative estimate of drug-likeness (QED) is 0.224. The summed E-state index contributed by atoms with van der Waals surface area (Å²) in [6, 6.07) is 14.8. The third-order valence-electron chi connectivity index (χ3n) is 7.46. The fourth-order valence-corrected chi connectivity index (χ4v) is 7.07. The Morgan fingerprint density at radius 2 is 1.81 bits per heavy atom. The first-order valence-electron chi connectivity index (χ1n) is 12.8. The van der Waals surface area contributed by atoms with Crippen LogP contribution in [0.1, 0.15) is 28.2 Å². The van der Waals surface area contributed by atoms with Gasteiger partial charge in [-0.1, -0.05) is 17.7 Å². The zero-order chi connectivity index (χ0) is 29.7. The van der Waals surface area contributed by atoms with E-state index in [9.17, 15) is 30.8 Å². The van der Waals surface area contributed by atoms with Crippen molar-refractivity contribution in [1.29, 1.82) is 0 Å². The number of alkyl halides is 3. The third-order valence-corrected chi connectivity index (χ3v) is 9.30. The summed E-state index contributed by atoms with van der Waals surface area (Å²) >= 11 is 0. The van der Waals surface area contributed by atoms with E-state index in [4.69, 9.17) is 0 Å². The monoisotopic (exact) mass is 598 g/mol. The molecule has 8 nitrogen and oxygen atoms in total. The lowest BCUT2D eigenvalue weighted by molar-refractivity contribution is -0.274. The van der Waals surface area contributed by atoms with E-state index in [0.29, 0.717) is 22.5 Å². The van der Waals surface area contributed by atoms with E-state index in [1.807, 2.05) is 6.08 Å². The van der Waals surface area contributed by atoms with Gasteiger partial charge in [-0.3, -0.25) is 9.78 Å². The molecule has 0 radical (unpaired) electrons. The molecule has 2 aromatic carbocycles. The minimum Gasteiger partial charge on any atom is -0.406 e. The van der Waals surface area contributed by atoms with E-state index >= 15 is 0 Å². The molecule has 1 aliphatic carbocycles. The van der Waals surface area contributed by atoms with Gasteiger partial charge in [-0.25, -0.2) is 17.5 Å². The van der Waals surface area contributed by atoms with Crippen LogP contribution in [0.4, 0.5) is 17.6 Å². The molecule has 4 aromatic rings. The van der Waals surface area contributed by atoms with Crippen molar-refractivity contribution in [2.75, 3.05) is 13.1 Å². The van der Waals surface area contributed by atoms with Crippen molar-refractivity contribution in [2.45, 2.75) is 24.1 Å². The van der Waals surface area contributed by atoms with Gasteiger partial charge in [0.15, 0.2) is 5.78 Å². The average molecular weight is 599 g/mol. The molecule has 42 heavy (non-hydrogen) atoms. The Morgan fingerprint density at radius 3 is 2.52 bits per heavy atom. The fourth-order valence-electron chi connectivity index (χ4n) is 5.53. The second-order valence-corrected chi connectivity index (χ2v) is 12.0. The smallest absolute Gasteiger partial charge is 0.406 e. The van der Waals surface area contributed by atoms with Crippen molar-refractivity contribution in [3.8, 4) is 11.4 Å². The number of carbonyl (C=O) groups is 1. The number of nitrogens with zero attached hydrogens (tertiary/aromatic N) is 4. The van der Waals surface area contributed by atoms with Crippen LogP contribution in [0.2, 0.25) is 0 Å². The number of aromatic nitrogens is 3. The Kier molecular flexibility index (Phi) is 6.73. The number of ketones is 1. The minimum atomic E-state index is -5.00. The molecule has 3 heterocycles. The number of rotatable bonds is 6. The second kappa shape index (κ2) is 10.2. The SMILES string of the molecule is O=C(c1ccccn1)[C@@]12Cc3cnn(-c4ccc(F)cc4)c3C=C1CCN(S(=O)(=O)c1cccc(OC(F)(F)F)c1)C2. The molecule has 1 saturated heterocycles. The minimum absolute atomic E-state index is 0.0181. The average Bonchev–Trinajstić information content (AvgIpc) is 3.37. The van der Waals surface area contributed by atoms with Gasteiger partial charge < -0.3 is 4.74 Å². The Hall–Kier alpha value is -4.36. The molecular formula is C29H22F4N4O4S. The van der Waals surface area contributed by atoms with E-state index in [0.717, 1.165) is 22.5 Å². The summed E-state index contributed by atoms with van der Waals surface area (Å²) in [6.07, 6.45) is 0.156. The van der Waals surface area contributed by atoms with Gasteiger partial charge in [0, 0.05) is 25.4 Å². The molecule has 1 atom stereocenters. The van der Waals surface area contributed by atoms with Crippen LogP contribution in [0.25, 0.3) is 11.8 Å². The Morgan fingerprint density at radius 1 is 1.02 bits per heavy atom. The first kappa shape index (κ1) is 27.8. The van der Waals surface area contributed by atoms with Crippen molar-refractivity contribution in [1.82, 2.24) is 19.1 Å². The highest BCUT2D eigenvalue weighted by atomic mass is 32.2. The van der Waals surface area contributed by atoms with Gasteiger partial charge in [0.05, 0.1) is 27.9 Å². The van der Waals surface area contributed by atoms with Gasteiger partial charge in [-0.05, 0) is 73.0 Å². The van der Waals surface area contributed by atoms with Crippen LogP contribution in [-0.2, 0) is 16.4 Å². The van der Waals surface area contributed by atoms with E-state index in [1.165, 1.54) is 24.4 Å². The number of sulfonamides is 1. The van der Waals surface area contributed by atoms with Crippen molar-refractivity contribution in [2.24, 2.45) is 5.41 Å². The predicted octanol–water partition coefficient (Wildman–Crippen LogP) is 5.21. The summed E-state index contributed by atoms with van der Waals surface area (Å²) in [5.74, 6) is -1.46. The molecule has 2 aromatic heterocycles. The lowest BCUT2D eigenvalue weighted by Gasteiger charge is -2.44. The van der Waals surface area contributed by atoms with Crippen LogP contribution < -0.4 is 4.74 Å². The molecule has 0 amide bonds. The Balaban J connectivity index is 1.41. The largest absolute Gasteiger partial charge is 0.573 e. The molecule has 0 spiro atoms. The molecule has 0 saturated carbocycles. The number of ether oxygens (including phenoxy) is 1. The number of hydrogen-bond donors (Lipinski definition) is 0. The van der Waals surface area contributed by atoms with Crippen LogP contribution in [0.5, 0.6) is 5.75 Å². The maximum Gasteiger partial charge on any atom is 0.573 e. The number of hydrogen-bond acceptors (Lipinski definition) is 6. The molecule has 6 rings (SSSR count). The molecule has 2 aliphatic rings. The van der Waals surface area contributed by atoms with Crippen LogP contribution in [0.3, 0.4) is 0 Å². The third kappa shape index (κ3) is 4.98. The lowest BCUT2D eigenvalue weighted by atomic mass is 9.65. The standard InChI is InChI=1S/C29H22F4N4O4S/c30-21-7-9-22(10-8-21)37-26-14-20-11-13-36(42(39,40)24-5-3-4-23(15-24)41-29(31,32)33)18-28(20,16-19(26)17-35-37)27(38)25-6-1-2-12-34-25/h1-10,12,14-15,17H,11,13,16,18H2/t28-/m1/s1. The summed E-state index contributed by atoms with van der Waals surface area (Å²) < 4.78 is 86.1. The van der Waals surface area contributed by atoms with Crippen LogP contribution in [0.15, 0.2) is 89.6 Å². The predicted molar refractivity (Wildman–Crippen MR) is 143 cm³/mol. The van der Waals surface area contributed by atoms with Crippen molar-refractivity contribution in [3.05, 3.63) is 107 Å². The van der Waals surface area contributed by atoms with Crippen molar-refractivity contribution in [3.63, 3.8) is 0 Å². The summed E-state index contributed by atoms with van der Waals surface area (Å²) in [5.41, 5.74) is 1.46. The lowest BCUT2D eigenvalue weighted by Crippen LogP contribution is -2.53. The maximum atomic E-state index is 14.2. The number of piperidine rings is 1. The van der Waals surface area contributed by atoms with Crippen molar-refractivity contribution < 1.29 is 35.5 Å². The van der Waals surface area contributed by atoms with Crippen LogP contribution in [-0.4, -0.2) is 52.7 Å². The molecule has 0 unspecified atom stereocenters. The number of pyridine rings is 1. The first-order chi connectivity index (χ1) is 20.0. The molecular weight excluding hydrogens is 576 g/mol. The fraction of sp³-hybridized carbons (Fsp3) is 0.207. The summed E-state index contributed by atoms with van der Waals surface area (Å²) in [5, 5.41) is 4.46. The topological polar surface area (TPSA) is 94.4 Å². The normalized spacial score (nSPS) is 19.0. The second-order valence-electron chi connectivity index (χ2n) is 10.0. The number of benzene rings is 2. The van der Waals surface area contributed by atoms with Gasteiger partial charge in [0.2, 0.25) is 10.0 Å². The zero-order valence-electron chi connectivity index (χ0n) is 21.8. The molecule has 216 valence electrons. The highest BCUT2D eigenvalue weighted by molar-refractivity contribution is 7.89. The van der Waals surface area contributed by atoms with E-state index < -0.39 is 38.3 Å². The van der Waals surface area contributed by atoms with Gasteiger partial charge >= 0.3 is 6.36 Å². The molecule has 1 fully saturated rings. The van der Waals surface area contributed by atoms with E-state index in [2.05, 4.69) is 14.8 Å². The summed E-state index contributed by atoms with van der Waals surface area (Å²) in [7, 11) is -4.33. The Bertz CT molecular complexity index is 1810. The molecule has 13 heteroatoms. The van der Waals surface area contributed by atoms with Crippen LogP contribution >= 0.6 is 0 Å². The number of fused-ring (bicyclic) bond motifs is 2. The summed E-state index contributed by atoms with van der Waals surface area (Å²) in [4.78, 5) is 18.0. The molecule has 1 aliphatic heterocycles. The maximum absolute atomic E-state index is 14.2. The highest BCUT2D eigenvalue weighted by Gasteiger charge is 2.51. The van der Waals surface area contributed by atoms with E-state index in [1.54, 1.807) is 41.2 Å². The first-order valence-corrected chi connectivity index (χ1v) is 14.3. The number of halogens is 4. The van der Waals surface area contributed by atoms with Crippen molar-refractivity contribution >= 4 is 21.9 Å². The van der Waals surface area contributed by atoms with Gasteiger partial charge in [0.25, 0.3) is 0 Å². The highest BCUT2D eigenvalue weighted by Crippen LogP contribution is 2.47. The number of Topliss-reactive ketones (excluding diaryl/α,β-unsaturated/α-hetero) is 1. The zero-order valence-corrected chi connectivity index (χ0v) is 22.6. The van der Waals surface area contributed by atoms with E-state index in [-0.39, 0.29) is 37.4 Å². The summed E-state index contributed by atoms with van der Waals surface area (Å²) in [6.45, 7) is -0.280. The van der Waals surface area contributed by atoms with Crippen LogP contribution in [0, 0.1) is 11.2 Å². The van der Waals surface area contributed by atoms with Gasteiger partial charge in [-0.15, -0.1) is 13.2 Å². The molecule has 0 bridgehead atoms. The molecule has 0 N–H and O–H groups in total. The number of carbonyl (C=O) groups excluding carboxylic acids is 1. The van der Waals surface area contributed by atoms with Gasteiger partial charge in [0.1, 0.15) is 17.3 Å². The Labute approximate surface area is 237 Å². The van der Waals surface area contributed by atoms with Gasteiger partial charge in [-0.2, -0.15) is 9.40 Å².